The van der Waals surface area contributed by atoms with Gasteiger partial charge in [-0.1, -0.05) is 12.1 Å². The van der Waals surface area contributed by atoms with Crippen LogP contribution in [0, 0.1) is 0 Å². The zero-order chi connectivity index (χ0) is 17.8. The molecule has 6 heteroatoms. The Bertz CT molecular complexity index is 722. The molecule has 4 rings (SSSR count). The van der Waals surface area contributed by atoms with Gasteiger partial charge >= 0.3 is 0 Å². The van der Waals surface area contributed by atoms with Crippen molar-refractivity contribution in [2.75, 3.05) is 26.9 Å². The Balaban J connectivity index is 1.35. The lowest BCUT2D eigenvalue weighted by Crippen LogP contribution is -2.49. The van der Waals surface area contributed by atoms with Gasteiger partial charge in [0.25, 0.3) is 0 Å². The minimum atomic E-state index is 0.0353. The number of hydrogen-bond donors (Lipinski definition) is 1. The highest BCUT2D eigenvalue weighted by molar-refractivity contribution is 7.15. The maximum absolute atomic E-state index is 6.13. The quantitative estimate of drug-likeness (QED) is 0.866. The molecule has 3 heterocycles. The number of hydrogen-bond acceptors (Lipinski definition) is 6. The van der Waals surface area contributed by atoms with Crippen LogP contribution in [0.1, 0.15) is 30.6 Å². The zero-order valence-electron chi connectivity index (χ0n) is 15.2. The molecule has 0 bridgehead atoms. The summed E-state index contributed by atoms with van der Waals surface area (Å²) in [6.07, 6.45) is 6.18. The van der Waals surface area contributed by atoms with E-state index in [-0.39, 0.29) is 5.60 Å². The molecule has 0 radical (unpaired) electrons. The van der Waals surface area contributed by atoms with Crippen LogP contribution in [-0.2, 0) is 16.0 Å². The van der Waals surface area contributed by atoms with Crippen LogP contribution < -0.4 is 10.1 Å². The second-order valence-corrected chi connectivity index (χ2v) is 8.19. The van der Waals surface area contributed by atoms with Crippen molar-refractivity contribution in [3.63, 3.8) is 0 Å². The van der Waals surface area contributed by atoms with E-state index in [0.29, 0.717) is 6.04 Å². The molecule has 1 aromatic carbocycles. The van der Waals surface area contributed by atoms with Gasteiger partial charge in [0.05, 0.1) is 12.7 Å². The minimum Gasteiger partial charge on any atom is -0.497 e. The number of nitrogens with one attached hydrogen (secondary N) is 1. The number of ether oxygens (including phenoxy) is 3. The number of nitrogens with zero attached hydrogens (tertiary/aromatic N) is 1. The molecule has 2 aliphatic heterocycles. The number of benzene rings is 1. The van der Waals surface area contributed by atoms with Gasteiger partial charge in [0.2, 0.25) is 0 Å². The molecule has 2 saturated heterocycles. The van der Waals surface area contributed by atoms with Crippen molar-refractivity contribution < 1.29 is 14.2 Å². The van der Waals surface area contributed by atoms with E-state index in [9.17, 15) is 0 Å². The Labute approximate surface area is 158 Å². The minimum absolute atomic E-state index is 0.0353. The van der Waals surface area contributed by atoms with Gasteiger partial charge in [0.1, 0.15) is 10.8 Å². The lowest BCUT2D eigenvalue weighted by molar-refractivity contribution is -0.140. The molecular weight excluding hydrogens is 348 g/mol. The molecule has 0 aliphatic carbocycles. The first-order valence-corrected chi connectivity index (χ1v) is 10.1. The van der Waals surface area contributed by atoms with Gasteiger partial charge in [-0.25, -0.2) is 4.98 Å². The third kappa shape index (κ3) is 4.09. The molecule has 2 aromatic rings. The highest BCUT2D eigenvalue weighted by atomic mass is 32.1. The van der Waals surface area contributed by atoms with Gasteiger partial charge in [-0.15, -0.1) is 11.3 Å². The van der Waals surface area contributed by atoms with E-state index >= 15 is 0 Å². The molecule has 1 N–H and O–H groups in total. The van der Waals surface area contributed by atoms with Crippen LogP contribution in [0.5, 0.6) is 5.75 Å². The summed E-state index contributed by atoms with van der Waals surface area (Å²) in [5.74, 6) is 0.862. The second kappa shape index (κ2) is 8.05. The SMILES string of the molecule is COc1cccc(-c2ncc(CN[C@@H]3CCOC4(CCOCC4)C3)s2)c1. The van der Waals surface area contributed by atoms with Gasteiger partial charge < -0.3 is 19.5 Å². The summed E-state index contributed by atoms with van der Waals surface area (Å²) in [6.45, 7) is 3.35. The van der Waals surface area contributed by atoms with Crippen LogP contribution >= 0.6 is 11.3 Å². The van der Waals surface area contributed by atoms with Crippen LogP contribution in [-0.4, -0.2) is 43.6 Å². The van der Waals surface area contributed by atoms with E-state index in [1.165, 1.54) is 4.88 Å². The predicted molar refractivity (Wildman–Crippen MR) is 103 cm³/mol. The average Bonchev–Trinajstić information content (AvgIpc) is 3.16. The third-order valence-electron chi connectivity index (χ3n) is 5.33. The van der Waals surface area contributed by atoms with Crippen LogP contribution in [0.25, 0.3) is 10.6 Å². The molecule has 0 saturated carbocycles. The summed E-state index contributed by atoms with van der Waals surface area (Å²) in [5, 5.41) is 4.76. The molecule has 1 atom stereocenters. The van der Waals surface area contributed by atoms with Crippen LogP contribution in [0.15, 0.2) is 30.5 Å². The summed E-state index contributed by atoms with van der Waals surface area (Å²) >= 11 is 1.74. The van der Waals surface area contributed by atoms with Crippen LogP contribution in [0.4, 0.5) is 0 Å². The van der Waals surface area contributed by atoms with E-state index in [4.69, 9.17) is 14.2 Å². The molecule has 26 heavy (non-hydrogen) atoms. The number of aromatic nitrogens is 1. The van der Waals surface area contributed by atoms with Crippen molar-refractivity contribution in [3.05, 3.63) is 35.3 Å². The van der Waals surface area contributed by atoms with Gasteiger partial charge in [-0.05, 0) is 37.8 Å². The van der Waals surface area contributed by atoms with Crippen molar-refractivity contribution >= 4 is 11.3 Å². The molecule has 0 amide bonds. The first kappa shape index (κ1) is 17.9. The third-order valence-corrected chi connectivity index (χ3v) is 6.38. The Morgan fingerprint density at radius 2 is 2.19 bits per heavy atom. The van der Waals surface area contributed by atoms with E-state index in [2.05, 4.69) is 16.4 Å². The summed E-state index contributed by atoms with van der Waals surface area (Å²) < 4.78 is 16.9. The monoisotopic (exact) mass is 374 g/mol. The second-order valence-electron chi connectivity index (χ2n) is 7.08. The fourth-order valence-corrected chi connectivity index (χ4v) is 4.68. The smallest absolute Gasteiger partial charge is 0.123 e. The van der Waals surface area contributed by atoms with Gasteiger partial charge in [0, 0.05) is 49.0 Å². The van der Waals surface area contributed by atoms with Crippen LogP contribution in [0.2, 0.25) is 0 Å². The highest BCUT2D eigenvalue weighted by Crippen LogP contribution is 2.34. The number of methoxy groups -OCH3 is 1. The normalized spacial score (nSPS) is 22.4. The first-order valence-electron chi connectivity index (χ1n) is 9.31. The van der Waals surface area contributed by atoms with E-state index in [1.807, 2.05) is 24.4 Å². The fraction of sp³-hybridized carbons (Fsp3) is 0.550. The molecule has 0 unspecified atom stereocenters. The average molecular weight is 375 g/mol. The standard InChI is InChI=1S/C20H26N2O3S/c1-23-17-4-2-3-15(11-17)19-22-14-18(26-19)13-21-16-5-8-25-20(12-16)6-9-24-10-7-20/h2-4,11,14,16,21H,5-10,12-13H2,1H3/t16-/m1/s1. The first-order chi connectivity index (χ1) is 12.8. The molecule has 140 valence electrons. The Morgan fingerprint density at radius 3 is 3.04 bits per heavy atom. The summed E-state index contributed by atoms with van der Waals surface area (Å²) in [5.41, 5.74) is 1.14. The topological polar surface area (TPSA) is 52.6 Å². The van der Waals surface area contributed by atoms with E-state index in [1.54, 1.807) is 18.4 Å². The van der Waals surface area contributed by atoms with Crippen molar-refractivity contribution in [1.29, 1.82) is 0 Å². The molecule has 1 aromatic heterocycles. The number of thiazole rings is 1. The molecule has 2 aliphatic rings. The van der Waals surface area contributed by atoms with Gasteiger partial charge in [-0.2, -0.15) is 0 Å². The van der Waals surface area contributed by atoms with Gasteiger partial charge in [-0.3, -0.25) is 0 Å². The summed E-state index contributed by atoms with van der Waals surface area (Å²) in [7, 11) is 1.69. The Kier molecular flexibility index (Phi) is 5.55. The molecule has 5 nitrogen and oxygen atoms in total. The van der Waals surface area contributed by atoms with Gasteiger partial charge in [0.15, 0.2) is 0 Å². The van der Waals surface area contributed by atoms with Crippen molar-refractivity contribution in [3.8, 4) is 16.3 Å². The Morgan fingerprint density at radius 1 is 1.31 bits per heavy atom. The van der Waals surface area contributed by atoms with Crippen LogP contribution in [0.3, 0.4) is 0 Å². The van der Waals surface area contributed by atoms with E-state index < -0.39 is 0 Å². The summed E-state index contributed by atoms with van der Waals surface area (Å²) in [6, 6.07) is 8.57. The maximum atomic E-state index is 6.13. The molecule has 1 spiro atoms. The summed E-state index contributed by atoms with van der Waals surface area (Å²) in [4.78, 5) is 5.85. The molecular formula is C20H26N2O3S. The van der Waals surface area contributed by atoms with Crippen molar-refractivity contribution in [2.24, 2.45) is 0 Å². The fourth-order valence-electron chi connectivity index (χ4n) is 3.82. The highest BCUT2D eigenvalue weighted by Gasteiger charge is 2.38. The zero-order valence-corrected chi connectivity index (χ0v) is 16.0. The maximum Gasteiger partial charge on any atom is 0.123 e. The lowest BCUT2D eigenvalue weighted by atomic mass is 9.84. The largest absolute Gasteiger partial charge is 0.497 e. The van der Waals surface area contributed by atoms with Crippen molar-refractivity contribution in [1.82, 2.24) is 10.3 Å². The van der Waals surface area contributed by atoms with E-state index in [0.717, 1.165) is 68.4 Å². The van der Waals surface area contributed by atoms with Crippen molar-refractivity contribution in [2.45, 2.75) is 43.9 Å². The lowest BCUT2D eigenvalue weighted by Gasteiger charge is -2.43. The number of rotatable bonds is 5. The Hall–Kier alpha value is -1.47. The predicted octanol–water partition coefficient (Wildman–Crippen LogP) is 3.64. The molecule has 2 fully saturated rings.